The van der Waals surface area contributed by atoms with Crippen LogP contribution < -0.4 is 0 Å². The number of nitrogens with zero attached hydrogens (tertiary/aromatic N) is 3. The molecular weight excluding hydrogens is 264 g/mol. The Labute approximate surface area is 128 Å². The predicted molar refractivity (Wildman–Crippen MR) is 85.3 cm³/mol. The number of aromatic nitrogens is 3. The molecular formula is C16H30N4O. The van der Waals surface area contributed by atoms with Gasteiger partial charge >= 0.3 is 0 Å². The molecule has 0 aromatic carbocycles. The van der Waals surface area contributed by atoms with Gasteiger partial charge in [-0.1, -0.05) is 41.5 Å². The number of hydrogen-bond donors (Lipinski definition) is 1. The zero-order chi connectivity index (χ0) is 16.0. The van der Waals surface area contributed by atoms with E-state index < -0.39 is 0 Å². The van der Waals surface area contributed by atoms with Crippen molar-refractivity contribution in [1.29, 1.82) is 0 Å². The maximum atomic E-state index is 12.6. The first-order valence-electron chi connectivity index (χ1n) is 8.02. The predicted octanol–water partition coefficient (Wildman–Crippen LogP) is 3.46. The minimum Gasteiger partial charge on any atom is -0.336 e. The van der Waals surface area contributed by atoms with Crippen LogP contribution in [0.5, 0.6) is 0 Å². The standard InChI is InChI=1S/C16H30N4O/c1-11(2)7-9-20(10-8-12(3)4)16(21)15-17-14(13(5)6)18-19-15/h11-13H,7-10H2,1-6H3,(H,17,18,19). The number of nitrogens with one attached hydrogen (secondary N) is 1. The Morgan fingerprint density at radius 2 is 1.57 bits per heavy atom. The van der Waals surface area contributed by atoms with Crippen LogP contribution >= 0.6 is 0 Å². The lowest BCUT2D eigenvalue weighted by Crippen LogP contribution is -2.34. The van der Waals surface area contributed by atoms with Gasteiger partial charge in [0.25, 0.3) is 5.91 Å². The van der Waals surface area contributed by atoms with Gasteiger partial charge in [-0.2, -0.15) is 0 Å². The second-order valence-electron chi connectivity index (χ2n) is 6.86. The van der Waals surface area contributed by atoms with Crippen LogP contribution in [0, 0.1) is 11.8 Å². The average Bonchev–Trinajstić information content (AvgIpc) is 2.87. The van der Waals surface area contributed by atoms with E-state index in [-0.39, 0.29) is 11.8 Å². The van der Waals surface area contributed by atoms with E-state index in [2.05, 4.69) is 42.9 Å². The van der Waals surface area contributed by atoms with E-state index in [1.54, 1.807) is 0 Å². The van der Waals surface area contributed by atoms with Crippen molar-refractivity contribution in [2.75, 3.05) is 13.1 Å². The first-order valence-corrected chi connectivity index (χ1v) is 8.02. The molecule has 0 atom stereocenters. The normalized spacial score (nSPS) is 11.7. The van der Waals surface area contributed by atoms with Crippen LogP contribution in [-0.4, -0.2) is 39.1 Å². The van der Waals surface area contributed by atoms with Gasteiger partial charge in [0.1, 0.15) is 5.82 Å². The van der Waals surface area contributed by atoms with Crippen LogP contribution in [-0.2, 0) is 0 Å². The monoisotopic (exact) mass is 294 g/mol. The molecule has 0 aliphatic rings. The molecule has 1 heterocycles. The van der Waals surface area contributed by atoms with E-state index in [4.69, 9.17) is 0 Å². The number of amides is 1. The van der Waals surface area contributed by atoms with Gasteiger partial charge in [-0.05, 0) is 24.7 Å². The lowest BCUT2D eigenvalue weighted by Gasteiger charge is -2.23. The highest BCUT2D eigenvalue weighted by Crippen LogP contribution is 2.12. The second kappa shape index (κ2) is 8.15. The molecule has 0 aliphatic heterocycles. The zero-order valence-corrected chi connectivity index (χ0v) is 14.3. The lowest BCUT2D eigenvalue weighted by molar-refractivity contribution is 0.0729. The molecule has 0 spiro atoms. The Bertz CT molecular complexity index is 425. The summed E-state index contributed by atoms with van der Waals surface area (Å²) in [5.74, 6) is 2.42. The SMILES string of the molecule is CC(C)CCN(CCC(C)C)C(=O)c1n[nH]c(C(C)C)n1. The minimum atomic E-state index is -0.0561. The lowest BCUT2D eigenvalue weighted by atomic mass is 10.1. The summed E-state index contributed by atoms with van der Waals surface area (Å²) in [5, 5.41) is 6.95. The van der Waals surface area contributed by atoms with Crippen molar-refractivity contribution in [3.05, 3.63) is 11.6 Å². The summed E-state index contributed by atoms with van der Waals surface area (Å²) in [6.45, 7) is 14.3. The number of aromatic amines is 1. The van der Waals surface area contributed by atoms with Crippen LogP contribution in [0.3, 0.4) is 0 Å². The van der Waals surface area contributed by atoms with E-state index in [1.165, 1.54) is 0 Å². The molecule has 0 radical (unpaired) electrons. The van der Waals surface area contributed by atoms with Crippen molar-refractivity contribution in [3.63, 3.8) is 0 Å². The van der Waals surface area contributed by atoms with E-state index in [1.807, 2.05) is 18.7 Å². The van der Waals surface area contributed by atoms with Gasteiger partial charge in [-0.3, -0.25) is 9.89 Å². The first-order chi connectivity index (χ1) is 9.81. The van der Waals surface area contributed by atoms with Gasteiger partial charge in [-0.15, -0.1) is 5.10 Å². The molecule has 0 unspecified atom stereocenters. The van der Waals surface area contributed by atoms with Crippen molar-refractivity contribution >= 4 is 5.91 Å². The molecule has 0 aliphatic carbocycles. The highest BCUT2D eigenvalue weighted by Gasteiger charge is 2.21. The third kappa shape index (κ3) is 5.86. The van der Waals surface area contributed by atoms with Crippen molar-refractivity contribution < 1.29 is 4.79 Å². The number of H-pyrrole nitrogens is 1. The second-order valence-corrected chi connectivity index (χ2v) is 6.86. The van der Waals surface area contributed by atoms with Crippen LogP contribution in [0.15, 0.2) is 0 Å². The summed E-state index contributed by atoms with van der Waals surface area (Å²) in [4.78, 5) is 18.8. The molecule has 1 aromatic rings. The van der Waals surface area contributed by atoms with Gasteiger partial charge in [0.05, 0.1) is 0 Å². The molecule has 21 heavy (non-hydrogen) atoms. The Morgan fingerprint density at radius 1 is 1.05 bits per heavy atom. The third-order valence-corrected chi connectivity index (χ3v) is 3.48. The van der Waals surface area contributed by atoms with E-state index >= 15 is 0 Å². The molecule has 120 valence electrons. The molecule has 1 aromatic heterocycles. The maximum Gasteiger partial charge on any atom is 0.293 e. The van der Waals surface area contributed by atoms with Crippen molar-refractivity contribution in [2.24, 2.45) is 11.8 Å². The number of carbonyl (C=O) groups is 1. The Hall–Kier alpha value is -1.39. The van der Waals surface area contributed by atoms with Crippen molar-refractivity contribution in [2.45, 2.75) is 60.3 Å². The Morgan fingerprint density at radius 3 is 1.95 bits per heavy atom. The van der Waals surface area contributed by atoms with Crippen LogP contribution in [0.25, 0.3) is 0 Å². The van der Waals surface area contributed by atoms with Crippen LogP contribution in [0.1, 0.15) is 76.7 Å². The van der Waals surface area contributed by atoms with Crippen molar-refractivity contribution in [1.82, 2.24) is 20.1 Å². The molecule has 0 saturated carbocycles. The Kier molecular flexibility index (Phi) is 6.85. The molecule has 5 heteroatoms. The summed E-state index contributed by atoms with van der Waals surface area (Å²) in [6, 6.07) is 0. The van der Waals surface area contributed by atoms with Gasteiger partial charge in [-0.25, -0.2) is 4.98 Å². The highest BCUT2D eigenvalue weighted by molar-refractivity contribution is 5.90. The topological polar surface area (TPSA) is 61.9 Å². The van der Waals surface area contributed by atoms with Crippen LogP contribution in [0.2, 0.25) is 0 Å². The third-order valence-electron chi connectivity index (χ3n) is 3.48. The molecule has 1 amide bonds. The Balaban J connectivity index is 2.76. The van der Waals surface area contributed by atoms with Crippen LogP contribution in [0.4, 0.5) is 0 Å². The molecule has 0 saturated heterocycles. The number of carbonyl (C=O) groups excluding carboxylic acids is 1. The van der Waals surface area contributed by atoms with Crippen molar-refractivity contribution in [3.8, 4) is 0 Å². The van der Waals surface area contributed by atoms with E-state index in [0.717, 1.165) is 31.8 Å². The molecule has 1 N–H and O–H groups in total. The summed E-state index contributed by atoms with van der Waals surface area (Å²) in [7, 11) is 0. The molecule has 5 nitrogen and oxygen atoms in total. The number of rotatable bonds is 8. The fraction of sp³-hybridized carbons (Fsp3) is 0.812. The minimum absolute atomic E-state index is 0.0561. The van der Waals surface area contributed by atoms with E-state index in [9.17, 15) is 4.79 Å². The average molecular weight is 294 g/mol. The summed E-state index contributed by atoms with van der Waals surface area (Å²) in [5.41, 5.74) is 0. The van der Waals surface area contributed by atoms with Gasteiger partial charge < -0.3 is 4.90 Å². The van der Waals surface area contributed by atoms with Gasteiger partial charge in [0.15, 0.2) is 0 Å². The fourth-order valence-electron chi connectivity index (χ4n) is 1.91. The smallest absolute Gasteiger partial charge is 0.293 e. The molecule has 1 rings (SSSR count). The van der Waals surface area contributed by atoms with Gasteiger partial charge in [0.2, 0.25) is 5.82 Å². The summed E-state index contributed by atoms with van der Waals surface area (Å²) < 4.78 is 0. The van der Waals surface area contributed by atoms with Gasteiger partial charge in [0, 0.05) is 19.0 Å². The first kappa shape index (κ1) is 17.7. The molecule has 0 bridgehead atoms. The summed E-state index contributed by atoms with van der Waals surface area (Å²) >= 11 is 0. The summed E-state index contributed by atoms with van der Waals surface area (Å²) in [6.07, 6.45) is 2.01. The van der Waals surface area contributed by atoms with E-state index in [0.29, 0.717) is 17.7 Å². The largest absolute Gasteiger partial charge is 0.336 e. The fourth-order valence-corrected chi connectivity index (χ4v) is 1.91. The zero-order valence-electron chi connectivity index (χ0n) is 14.3. The highest BCUT2D eigenvalue weighted by atomic mass is 16.2. The molecule has 0 fully saturated rings. The quantitative estimate of drug-likeness (QED) is 0.798. The number of hydrogen-bond acceptors (Lipinski definition) is 3. The maximum absolute atomic E-state index is 12.6.